The zero-order valence-electron chi connectivity index (χ0n) is 19.3. The third-order valence-corrected chi connectivity index (χ3v) is 6.37. The van der Waals surface area contributed by atoms with Crippen molar-refractivity contribution >= 4 is 34.0 Å². The van der Waals surface area contributed by atoms with Gasteiger partial charge in [-0.25, -0.2) is 9.97 Å². The molecule has 1 amide bonds. The van der Waals surface area contributed by atoms with E-state index in [9.17, 15) is 9.59 Å². The zero-order valence-corrected chi connectivity index (χ0v) is 20.9. The van der Waals surface area contributed by atoms with Crippen LogP contribution in [0.25, 0.3) is 16.9 Å². The maximum Gasteiger partial charge on any atom is 0.259 e. The number of anilines is 1. The van der Waals surface area contributed by atoms with Crippen molar-refractivity contribution in [1.29, 1.82) is 0 Å². The molecule has 1 fully saturated rings. The molecule has 4 aromatic rings. The fraction of sp³-hybridized carbons (Fsp3) is 0.200. The number of amides is 1. The largest absolute Gasteiger partial charge is 0.494 e. The molecule has 1 aliphatic rings. The quantitative estimate of drug-likeness (QED) is 0.312. The molecular formula is C25H19ClN6O3S. The zero-order chi connectivity index (χ0) is 25.2. The van der Waals surface area contributed by atoms with Gasteiger partial charge in [-0.2, -0.15) is 0 Å². The van der Waals surface area contributed by atoms with Crippen molar-refractivity contribution in [2.75, 3.05) is 12.4 Å². The Morgan fingerprint density at radius 3 is 2.78 bits per heavy atom. The molecule has 0 bridgehead atoms. The molecule has 0 saturated heterocycles. The van der Waals surface area contributed by atoms with Gasteiger partial charge in [0.15, 0.2) is 5.01 Å². The van der Waals surface area contributed by atoms with Gasteiger partial charge in [0.2, 0.25) is 5.13 Å². The highest BCUT2D eigenvalue weighted by Crippen LogP contribution is 2.35. The Hall–Kier alpha value is -4.07. The molecule has 1 saturated carbocycles. The standard InChI is InChI=1S/C25H19ClN6O3S/c1-14-7-8-32(23(33)9-14)21-11-16(17-10-20(26)27-13-19(17)35-2)18(12-28-21)24(34)29-25-31-30-22(36-25)6-5-15-3-4-15/h7-13,15H,3-4H2,1-2H3,(H,29,31,34). The van der Waals surface area contributed by atoms with Crippen LogP contribution in [0.5, 0.6) is 5.75 Å². The molecule has 36 heavy (non-hydrogen) atoms. The second-order valence-corrected chi connectivity index (χ2v) is 9.48. The lowest BCUT2D eigenvalue weighted by Crippen LogP contribution is -2.19. The molecule has 1 aliphatic carbocycles. The van der Waals surface area contributed by atoms with E-state index in [4.69, 9.17) is 16.3 Å². The number of aryl methyl sites for hydroxylation is 1. The SMILES string of the molecule is COc1cnc(Cl)cc1-c1cc(-n2ccc(C)cc2=O)ncc1C(=O)Nc1nnc(C#CC2CC2)s1. The number of pyridine rings is 3. The number of aromatic nitrogens is 5. The Bertz CT molecular complexity index is 1600. The van der Waals surface area contributed by atoms with Crippen LogP contribution in [0.1, 0.15) is 33.8 Å². The summed E-state index contributed by atoms with van der Waals surface area (Å²) in [6.45, 7) is 1.83. The second kappa shape index (κ2) is 9.89. The van der Waals surface area contributed by atoms with Crippen molar-refractivity contribution in [2.24, 2.45) is 5.92 Å². The molecule has 0 aliphatic heterocycles. The van der Waals surface area contributed by atoms with Crippen LogP contribution in [0.15, 0.2) is 47.7 Å². The molecular weight excluding hydrogens is 500 g/mol. The van der Waals surface area contributed by atoms with Gasteiger partial charge >= 0.3 is 0 Å². The summed E-state index contributed by atoms with van der Waals surface area (Å²) in [4.78, 5) is 34.4. The van der Waals surface area contributed by atoms with Crippen LogP contribution in [0.2, 0.25) is 5.15 Å². The maximum atomic E-state index is 13.3. The van der Waals surface area contributed by atoms with Crippen LogP contribution in [-0.4, -0.2) is 37.7 Å². The molecule has 1 N–H and O–H groups in total. The molecule has 5 rings (SSSR count). The van der Waals surface area contributed by atoms with Crippen molar-refractivity contribution < 1.29 is 9.53 Å². The monoisotopic (exact) mass is 518 g/mol. The summed E-state index contributed by atoms with van der Waals surface area (Å²) < 4.78 is 6.86. The molecule has 180 valence electrons. The average Bonchev–Trinajstić information content (AvgIpc) is 3.60. The summed E-state index contributed by atoms with van der Waals surface area (Å²) in [7, 11) is 1.49. The van der Waals surface area contributed by atoms with E-state index in [1.54, 1.807) is 24.4 Å². The number of rotatable bonds is 5. The number of carbonyl (C=O) groups excluding carboxylic acids is 1. The predicted octanol–water partition coefficient (Wildman–Crippen LogP) is 4.13. The Balaban J connectivity index is 1.56. The van der Waals surface area contributed by atoms with Crippen molar-refractivity contribution in [2.45, 2.75) is 19.8 Å². The average molecular weight is 519 g/mol. The first-order chi connectivity index (χ1) is 17.4. The normalized spacial score (nSPS) is 12.5. The number of carbonyl (C=O) groups is 1. The minimum atomic E-state index is -0.465. The molecule has 4 aromatic heterocycles. The summed E-state index contributed by atoms with van der Waals surface area (Å²) >= 11 is 7.37. The Kier molecular flexibility index (Phi) is 6.50. The van der Waals surface area contributed by atoms with E-state index in [0.717, 1.165) is 18.4 Å². The number of methoxy groups -OCH3 is 1. The van der Waals surface area contributed by atoms with E-state index in [1.165, 1.54) is 41.5 Å². The topological polar surface area (TPSA) is 112 Å². The maximum absolute atomic E-state index is 13.3. The fourth-order valence-electron chi connectivity index (χ4n) is 3.42. The van der Waals surface area contributed by atoms with Gasteiger partial charge in [0.05, 0.1) is 18.9 Å². The molecule has 4 heterocycles. The van der Waals surface area contributed by atoms with Crippen molar-refractivity contribution in [1.82, 2.24) is 24.7 Å². The summed E-state index contributed by atoms with van der Waals surface area (Å²) in [5.74, 6) is 6.81. The summed E-state index contributed by atoms with van der Waals surface area (Å²) in [6, 6.07) is 6.52. The molecule has 0 unspecified atom stereocenters. The first-order valence-corrected chi connectivity index (χ1v) is 12.2. The summed E-state index contributed by atoms with van der Waals surface area (Å²) in [5, 5.41) is 11.9. The van der Waals surface area contributed by atoms with Gasteiger partial charge in [0, 0.05) is 35.5 Å². The van der Waals surface area contributed by atoms with Gasteiger partial charge < -0.3 is 4.74 Å². The number of ether oxygens (including phenoxy) is 1. The van der Waals surface area contributed by atoms with Crippen LogP contribution >= 0.6 is 22.9 Å². The predicted molar refractivity (Wildman–Crippen MR) is 137 cm³/mol. The molecule has 0 radical (unpaired) electrons. The van der Waals surface area contributed by atoms with Crippen LogP contribution in [-0.2, 0) is 0 Å². The first-order valence-electron chi connectivity index (χ1n) is 11.0. The van der Waals surface area contributed by atoms with Crippen molar-refractivity contribution in [3.8, 4) is 34.5 Å². The van der Waals surface area contributed by atoms with Crippen LogP contribution in [0.3, 0.4) is 0 Å². The Labute approximate surface area is 215 Å². The van der Waals surface area contributed by atoms with E-state index in [-0.39, 0.29) is 16.3 Å². The van der Waals surface area contributed by atoms with Gasteiger partial charge in [-0.15, -0.1) is 10.2 Å². The van der Waals surface area contributed by atoms with Crippen LogP contribution < -0.4 is 15.6 Å². The number of halogens is 1. The smallest absolute Gasteiger partial charge is 0.259 e. The number of hydrogen-bond acceptors (Lipinski definition) is 8. The third-order valence-electron chi connectivity index (χ3n) is 5.41. The van der Waals surface area contributed by atoms with Crippen molar-refractivity contribution in [3.63, 3.8) is 0 Å². The Morgan fingerprint density at radius 2 is 2.03 bits per heavy atom. The van der Waals surface area contributed by atoms with Crippen LogP contribution in [0, 0.1) is 24.7 Å². The number of hydrogen-bond donors (Lipinski definition) is 1. The van der Waals surface area contributed by atoms with E-state index < -0.39 is 5.91 Å². The van der Waals surface area contributed by atoms with Gasteiger partial charge in [0.1, 0.15) is 16.7 Å². The van der Waals surface area contributed by atoms with Gasteiger partial charge in [-0.05, 0) is 49.4 Å². The lowest BCUT2D eigenvalue weighted by atomic mass is 10.0. The molecule has 0 aromatic carbocycles. The van der Waals surface area contributed by atoms with Gasteiger partial charge in [0.25, 0.3) is 11.5 Å². The minimum Gasteiger partial charge on any atom is -0.494 e. The molecule has 0 atom stereocenters. The highest BCUT2D eigenvalue weighted by atomic mass is 35.5. The Morgan fingerprint density at radius 1 is 1.19 bits per heavy atom. The van der Waals surface area contributed by atoms with E-state index >= 15 is 0 Å². The lowest BCUT2D eigenvalue weighted by molar-refractivity contribution is 0.102. The summed E-state index contributed by atoms with van der Waals surface area (Å²) in [6.07, 6.45) is 6.71. The van der Waals surface area contributed by atoms with E-state index in [0.29, 0.717) is 38.8 Å². The fourth-order valence-corrected chi connectivity index (χ4v) is 4.18. The third kappa shape index (κ3) is 5.12. The minimum absolute atomic E-state index is 0.214. The summed E-state index contributed by atoms with van der Waals surface area (Å²) in [5.41, 5.74) is 1.76. The second-order valence-electron chi connectivity index (χ2n) is 8.12. The highest BCUT2D eigenvalue weighted by Gasteiger charge is 2.21. The highest BCUT2D eigenvalue weighted by molar-refractivity contribution is 7.15. The van der Waals surface area contributed by atoms with Crippen LogP contribution in [0.4, 0.5) is 5.13 Å². The van der Waals surface area contributed by atoms with Gasteiger partial charge in [-0.1, -0.05) is 28.9 Å². The van der Waals surface area contributed by atoms with Crippen molar-refractivity contribution in [3.05, 3.63) is 74.5 Å². The first kappa shape index (κ1) is 23.7. The van der Waals surface area contributed by atoms with E-state index in [1.807, 2.05) is 6.92 Å². The molecule has 9 nitrogen and oxygen atoms in total. The molecule has 11 heteroatoms. The van der Waals surface area contributed by atoms with E-state index in [2.05, 4.69) is 37.3 Å². The van der Waals surface area contributed by atoms with Gasteiger partial charge in [-0.3, -0.25) is 19.5 Å². The molecule has 0 spiro atoms. The number of nitrogens with one attached hydrogen (secondary N) is 1. The lowest BCUT2D eigenvalue weighted by Gasteiger charge is -2.14. The number of nitrogens with zero attached hydrogens (tertiary/aromatic N) is 5.